The number of amidine groups is 1. The van der Waals surface area contributed by atoms with Crippen LogP contribution < -0.4 is 10.7 Å². The second-order valence-corrected chi connectivity index (χ2v) is 7.25. The maximum absolute atomic E-state index is 11.1. The number of thioether (sulfide) groups is 1. The highest BCUT2D eigenvalue weighted by Gasteiger charge is 2.96. The van der Waals surface area contributed by atoms with Gasteiger partial charge < -0.3 is 4.74 Å². The minimum atomic E-state index is -1.26. The molecule has 0 radical (unpaired) electrons. The number of non-ortho nitro benzene ring substituents is 1. The van der Waals surface area contributed by atoms with Gasteiger partial charge in [-0.2, -0.15) is 10.5 Å². The SMILES string of the molecule is N#C[C@@]12[C@@H](c3cccc([N+](=O)[O-])c3)[C@]1(C#N)C(N)=[NH+][C@@]21OCCS1. The van der Waals surface area contributed by atoms with Crippen molar-refractivity contribution < 1.29 is 14.7 Å². The van der Waals surface area contributed by atoms with E-state index in [2.05, 4.69) is 17.1 Å². The van der Waals surface area contributed by atoms with Gasteiger partial charge in [0.2, 0.25) is 0 Å². The molecule has 2 fully saturated rings. The maximum atomic E-state index is 11.1. The van der Waals surface area contributed by atoms with E-state index in [-0.39, 0.29) is 11.5 Å². The van der Waals surface area contributed by atoms with Crippen LogP contribution in [0.1, 0.15) is 11.5 Å². The summed E-state index contributed by atoms with van der Waals surface area (Å²) >= 11 is 1.41. The Morgan fingerprint density at radius 1 is 1.46 bits per heavy atom. The number of hydrogen-bond donors (Lipinski definition) is 2. The standard InChI is InChI=1S/C15H11N5O3S/c16-7-13-11(9-2-1-3-10(6-9)20(21)22)14(13,8-17)15(19-12(13)18)23-4-5-24-15/h1-3,6,11H,4-5H2,(H2,18,19)/p+1/t11-,13+,14+,15+/m0/s1. The second-order valence-electron chi connectivity index (χ2n) is 5.98. The number of nitrogens with two attached hydrogens (primary N) is 1. The lowest BCUT2D eigenvalue weighted by molar-refractivity contribution is -0.583. The molecule has 3 aliphatic rings. The zero-order chi connectivity index (χ0) is 17.2. The first-order valence-corrected chi connectivity index (χ1v) is 8.23. The van der Waals surface area contributed by atoms with E-state index in [9.17, 15) is 20.6 Å². The molecule has 2 heterocycles. The first kappa shape index (κ1) is 14.9. The Bertz CT molecular complexity index is 882. The van der Waals surface area contributed by atoms with Crippen molar-refractivity contribution in [3.63, 3.8) is 0 Å². The highest BCUT2D eigenvalue weighted by Crippen LogP contribution is 2.80. The molecule has 0 aromatic heterocycles. The van der Waals surface area contributed by atoms with E-state index in [0.717, 1.165) is 0 Å². The fourth-order valence-corrected chi connectivity index (χ4v) is 5.49. The fraction of sp³-hybridized carbons (Fsp3) is 0.400. The van der Waals surface area contributed by atoms with Crippen LogP contribution >= 0.6 is 11.8 Å². The minimum Gasteiger partial charge on any atom is -0.327 e. The average molecular weight is 342 g/mol. The zero-order valence-electron chi connectivity index (χ0n) is 12.4. The molecule has 8 nitrogen and oxygen atoms in total. The number of nitrogens with zero attached hydrogens (tertiary/aromatic N) is 3. The molecule has 1 saturated carbocycles. The van der Waals surface area contributed by atoms with Crippen molar-refractivity contribution in [1.82, 2.24) is 0 Å². The molecule has 0 unspecified atom stereocenters. The van der Waals surface area contributed by atoms with Crippen molar-refractivity contribution in [2.45, 2.75) is 11.0 Å². The Kier molecular flexibility index (Phi) is 2.78. The number of nitro benzene ring substituents is 1. The monoisotopic (exact) mass is 342 g/mol. The van der Waals surface area contributed by atoms with Gasteiger partial charge in [-0.25, -0.2) is 4.99 Å². The summed E-state index contributed by atoms with van der Waals surface area (Å²) in [6.07, 6.45) is 0. The van der Waals surface area contributed by atoms with Crippen LogP contribution in [-0.2, 0) is 4.74 Å². The third-order valence-electron chi connectivity index (χ3n) is 5.11. The van der Waals surface area contributed by atoms with Gasteiger partial charge >= 0.3 is 0 Å². The number of fused-ring (bicyclic) bond motifs is 2. The zero-order valence-corrected chi connectivity index (χ0v) is 13.2. The first-order chi connectivity index (χ1) is 11.5. The van der Waals surface area contributed by atoms with Crippen molar-refractivity contribution in [3.8, 4) is 12.1 Å². The molecule has 1 spiro atoms. The van der Waals surface area contributed by atoms with E-state index in [4.69, 9.17) is 10.5 Å². The molecule has 1 saturated heterocycles. The van der Waals surface area contributed by atoms with Crippen molar-refractivity contribution in [2.75, 3.05) is 12.4 Å². The predicted molar refractivity (Wildman–Crippen MR) is 83.2 cm³/mol. The van der Waals surface area contributed by atoms with Gasteiger partial charge in [-0.15, -0.1) is 0 Å². The molecule has 0 amide bonds. The molecule has 4 rings (SSSR count). The molecule has 1 aromatic rings. The molecular formula is C15H12N5O3S+. The lowest BCUT2D eigenvalue weighted by atomic mass is 9.95. The molecular weight excluding hydrogens is 330 g/mol. The van der Waals surface area contributed by atoms with Crippen LogP contribution in [0.2, 0.25) is 0 Å². The summed E-state index contributed by atoms with van der Waals surface area (Å²) in [5, 5.41) is 29.8. The molecule has 1 aliphatic carbocycles. The van der Waals surface area contributed by atoms with E-state index < -0.39 is 26.7 Å². The smallest absolute Gasteiger partial charge is 0.277 e. The Hall–Kier alpha value is -2.62. The van der Waals surface area contributed by atoms with Crippen molar-refractivity contribution in [1.29, 1.82) is 10.5 Å². The Labute approximate surface area is 141 Å². The van der Waals surface area contributed by atoms with E-state index in [1.807, 2.05) is 0 Å². The molecule has 120 valence electrons. The summed E-state index contributed by atoms with van der Waals surface area (Å²) in [6.45, 7) is 0.442. The summed E-state index contributed by atoms with van der Waals surface area (Å²) in [5.41, 5.74) is 4.11. The van der Waals surface area contributed by atoms with Crippen molar-refractivity contribution in [2.24, 2.45) is 16.6 Å². The highest BCUT2D eigenvalue weighted by atomic mass is 32.2. The van der Waals surface area contributed by atoms with Crippen LogP contribution in [0.25, 0.3) is 0 Å². The average Bonchev–Trinajstić information content (AvgIpc) is 2.84. The number of hydrogen-bond acceptors (Lipinski definition) is 7. The van der Waals surface area contributed by atoms with E-state index >= 15 is 0 Å². The summed E-state index contributed by atoms with van der Waals surface area (Å²) in [4.78, 5) is 13.6. The Morgan fingerprint density at radius 2 is 2.25 bits per heavy atom. The number of nitriles is 2. The van der Waals surface area contributed by atoms with Gasteiger partial charge in [-0.05, 0) is 5.56 Å². The van der Waals surface area contributed by atoms with Crippen LogP contribution in [0.15, 0.2) is 24.3 Å². The highest BCUT2D eigenvalue weighted by molar-refractivity contribution is 8.00. The number of ether oxygens (including phenoxy) is 1. The third-order valence-corrected chi connectivity index (χ3v) is 6.43. The van der Waals surface area contributed by atoms with Crippen molar-refractivity contribution in [3.05, 3.63) is 39.9 Å². The lowest BCUT2D eigenvalue weighted by Crippen LogP contribution is -2.88. The molecule has 1 aromatic carbocycles. The Balaban J connectivity index is 1.91. The molecule has 0 bridgehead atoms. The van der Waals surface area contributed by atoms with Crippen LogP contribution in [0.5, 0.6) is 0 Å². The van der Waals surface area contributed by atoms with E-state index in [1.54, 1.807) is 12.1 Å². The van der Waals surface area contributed by atoms with Gasteiger partial charge in [-0.1, -0.05) is 23.9 Å². The van der Waals surface area contributed by atoms with Crippen LogP contribution in [0.3, 0.4) is 0 Å². The number of rotatable bonds is 2. The summed E-state index contributed by atoms with van der Waals surface area (Å²) in [6, 6.07) is 10.5. The minimum absolute atomic E-state index is 0.0840. The summed E-state index contributed by atoms with van der Waals surface area (Å²) in [5.74, 6) is 0.288. The van der Waals surface area contributed by atoms with E-state index in [0.29, 0.717) is 17.9 Å². The maximum Gasteiger partial charge on any atom is 0.277 e. The van der Waals surface area contributed by atoms with Crippen LogP contribution in [0.4, 0.5) is 5.69 Å². The van der Waals surface area contributed by atoms with Gasteiger partial charge in [0.1, 0.15) is 0 Å². The molecule has 24 heavy (non-hydrogen) atoms. The lowest BCUT2D eigenvalue weighted by Gasteiger charge is -2.23. The first-order valence-electron chi connectivity index (χ1n) is 7.25. The predicted octanol–water partition coefficient (Wildman–Crippen LogP) is -0.419. The van der Waals surface area contributed by atoms with Gasteiger partial charge in [0.25, 0.3) is 16.6 Å². The molecule has 3 N–H and O–H groups in total. The van der Waals surface area contributed by atoms with Gasteiger partial charge in [0.05, 0.1) is 23.7 Å². The Morgan fingerprint density at radius 3 is 2.83 bits per heavy atom. The summed E-state index contributed by atoms with van der Waals surface area (Å²) < 4.78 is 5.82. The fourth-order valence-electron chi connectivity index (χ4n) is 4.14. The second kappa shape index (κ2) is 4.47. The van der Waals surface area contributed by atoms with Crippen LogP contribution in [-0.4, -0.2) is 28.2 Å². The largest absolute Gasteiger partial charge is 0.327 e. The number of nitrogens with one attached hydrogen (secondary N) is 1. The van der Waals surface area contributed by atoms with Crippen LogP contribution in [0, 0.1) is 43.6 Å². The van der Waals surface area contributed by atoms with E-state index in [1.165, 1.54) is 23.9 Å². The van der Waals surface area contributed by atoms with Gasteiger partial charge in [-0.3, -0.25) is 15.8 Å². The molecule has 2 aliphatic heterocycles. The number of benzene rings is 1. The number of nitro groups is 1. The topological polar surface area (TPSA) is 140 Å². The molecule has 9 heteroatoms. The normalized spacial score (nSPS) is 38.9. The van der Waals surface area contributed by atoms with Gasteiger partial charge in [0.15, 0.2) is 10.8 Å². The summed E-state index contributed by atoms with van der Waals surface area (Å²) in [7, 11) is 0. The molecule has 4 atom stereocenters. The van der Waals surface area contributed by atoms with Crippen molar-refractivity contribution >= 4 is 23.3 Å². The van der Waals surface area contributed by atoms with Gasteiger partial charge in [0, 0.05) is 23.8 Å². The quantitative estimate of drug-likeness (QED) is 0.549. The third kappa shape index (κ3) is 1.36.